The van der Waals surface area contributed by atoms with Crippen LogP contribution < -0.4 is 0 Å². The highest BCUT2D eigenvalue weighted by Gasteiger charge is 2.10. The Bertz CT molecular complexity index is 561. The maximum absolute atomic E-state index is 13.0. The minimum absolute atomic E-state index is 0.246. The van der Waals surface area contributed by atoms with E-state index in [0.717, 1.165) is 12.1 Å². The molecule has 5 heteroatoms. The van der Waals surface area contributed by atoms with Gasteiger partial charge in [-0.2, -0.15) is 0 Å². The number of hydrogen-bond donors (Lipinski definition) is 1. The van der Waals surface area contributed by atoms with Crippen molar-refractivity contribution in [3.05, 3.63) is 47.7 Å². The number of benzene rings is 1. The molecule has 0 radical (unpaired) electrons. The maximum Gasteiger partial charge on any atom is 0.311 e. The van der Waals surface area contributed by atoms with E-state index in [1.165, 1.54) is 18.2 Å². The minimum Gasteiger partial charge on any atom is -0.481 e. The molecule has 0 amide bonds. The summed E-state index contributed by atoms with van der Waals surface area (Å²) in [5.41, 5.74) is 0.362. The monoisotopic (exact) mass is 238 g/mol. The topological polar surface area (TPSA) is 50.4 Å². The molecule has 17 heavy (non-hydrogen) atoms. The first-order chi connectivity index (χ1) is 8.06. The second-order valence-corrected chi connectivity index (χ2v) is 3.47. The zero-order valence-electron chi connectivity index (χ0n) is 8.61. The van der Waals surface area contributed by atoms with Gasteiger partial charge < -0.3 is 9.52 Å². The third-order valence-corrected chi connectivity index (χ3v) is 2.19. The van der Waals surface area contributed by atoms with Crippen molar-refractivity contribution in [2.24, 2.45) is 0 Å². The maximum atomic E-state index is 13.0. The molecule has 0 fully saturated rings. The highest BCUT2D eigenvalue weighted by Crippen LogP contribution is 2.24. The molecule has 0 saturated carbocycles. The minimum atomic E-state index is -1.02. The first-order valence-corrected chi connectivity index (χ1v) is 4.82. The highest BCUT2D eigenvalue weighted by atomic mass is 19.2. The Morgan fingerprint density at radius 3 is 2.59 bits per heavy atom. The molecule has 3 nitrogen and oxygen atoms in total. The van der Waals surface area contributed by atoms with Crippen molar-refractivity contribution in [3.63, 3.8) is 0 Å². The van der Waals surface area contributed by atoms with Gasteiger partial charge >= 0.3 is 5.97 Å². The first-order valence-electron chi connectivity index (χ1n) is 4.82. The molecule has 0 unspecified atom stereocenters. The second kappa shape index (κ2) is 4.37. The van der Waals surface area contributed by atoms with Crippen LogP contribution >= 0.6 is 0 Å². The molecular weight excluding hydrogens is 230 g/mol. The smallest absolute Gasteiger partial charge is 0.311 e. The molecule has 88 valence electrons. The van der Waals surface area contributed by atoms with Gasteiger partial charge in [0.25, 0.3) is 0 Å². The van der Waals surface area contributed by atoms with Gasteiger partial charge in [0.1, 0.15) is 17.9 Å². The molecule has 0 aliphatic heterocycles. The van der Waals surface area contributed by atoms with Crippen LogP contribution in [0, 0.1) is 11.6 Å². The first kappa shape index (κ1) is 11.3. The molecule has 0 aliphatic rings. The van der Waals surface area contributed by atoms with E-state index in [0.29, 0.717) is 11.3 Å². The average Bonchev–Trinajstić information content (AvgIpc) is 2.69. The van der Waals surface area contributed by atoms with E-state index in [4.69, 9.17) is 9.52 Å². The summed E-state index contributed by atoms with van der Waals surface area (Å²) in [6, 6.07) is 6.36. The van der Waals surface area contributed by atoms with Gasteiger partial charge in [-0.3, -0.25) is 4.79 Å². The quantitative estimate of drug-likeness (QED) is 0.894. The lowest BCUT2D eigenvalue weighted by Gasteiger charge is -1.98. The molecule has 1 N–H and O–H groups in total. The molecule has 2 aromatic rings. The molecule has 1 aromatic carbocycles. The highest BCUT2D eigenvalue weighted by molar-refractivity contribution is 5.69. The number of rotatable bonds is 3. The molecule has 0 atom stereocenters. The van der Waals surface area contributed by atoms with E-state index in [2.05, 4.69) is 0 Å². The molecule has 0 aliphatic carbocycles. The van der Waals surface area contributed by atoms with Crippen molar-refractivity contribution in [1.29, 1.82) is 0 Å². The van der Waals surface area contributed by atoms with Crippen LogP contribution in [0.1, 0.15) is 5.76 Å². The van der Waals surface area contributed by atoms with Gasteiger partial charge in [0.2, 0.25) is 0 Å². The number of hydrogen-bond acceptors (Lipinski definition) is 2. The summed E-state index contributed by atoms with van der Waals surface area (Å²) in [6.45, 7) is 0. The van der Waals surface area contributed by atoms with Gasteiger partial charge in [-0.25, -0.2) is 8.78 Å². The zero-order valence-corrected chi connectivity index (χ0v) is 8.61. The van der Waals surface area contributed by atoms with E-state index < -0.39 is 17.6 Å². The normalized spacial score (nSPS) is 10.5. The summed E-state index contributed by atoms with van der Waals surface area (Å²) in [4.78, 5) is 10.4. The van der Waals surface area contributed by atoms with E-state index in [1.54, 1.807) is 0 Å². The molecule has 0 bridgehead atoms. The van der Waals surface area contributed by atoms with Crippen molar-refractivity contribution in [2.75, 3.05) is 0 Å². The lowest BCUT2D eigenvalue weighted by atomic mass is 10.1. The fraction of sp³-hybridized carbons (Fsp3) is 0.0833. The van der Waals surface area contributed by atoms with Gasteiger partial charge in [-0.05, 0) is 30.3 Å². The fourth-order valence-corrected chi connectivity index (χ4v) is 1.43. The van der Waals surface area contributed by atoms with Crippen LogP contribution in [0.5, 0.6) is 0 Å². The number of aliphatic carboxylic acids is 1. The molecule has 1 aromatic heterocycles. The van der Waals surface area contributed by atoms with Crippen LogP contribution in [0.4, 0.5) is 8.78 Å². The summed E-state index contributed by atoms with van der Waals surface area (Å²) in [5.74, 6) is -2.36. The van der Waals surface area contributed by atoms with Crippen molar-refractivity contribution < 1.29 is 23.1 Å². The molecule has 0 spiro atoms. The SMILES string of the molecule is O=C(O)Cc1ccc(-c2ccc(F)c(F)c2)o1. The summed E-state index contributed by atoms with van der Waals surface area (Å²) in [5, 5.41) is 8.56. The number of furan rings is 1. The summed E-state index contributed by atoms with van der Waals surface area (Å²) in [6.07, 6.45) is -0.246. The molecular formula is C12H8F2O3. The van der Waals surface area contributed by atoms with E-state index in [1.807, 2.05) is 0 Å². The summed E-state index contributed by atoms with van der Waals surface area (Å²) >= 11 is 0. The van der Waals surface area contributed by atoms with E-state index >= 15 is 0 Å². The van der Waals surface area contributed by atoms with Crippen molar-refractivity contribution in [1.82, 2.24) is 0 Å². The average molecular weight is 238 g/mol. The number of carbonyl (C=O) groups is 1. The lowest BCUT2D eigenvalue weighted by Crippen LogP contribution is -1.97. The van der Waals surface area contributed by atoms with Crippen LogP contribution in [-0.4, -0.2) is 11.1 Å². The van der Waals surface area contributed by atoms with Crippen molar-refractivity contribution in [2.45, 2.75) is 6.42 Å². The van der Waals surface area contributed by atoms with Crippen molar-refractivity contribution >= 4 is 5.97 Å². The van der Waals surface area contributed by atoms with Gasteiger partial charge in [-0.15, -0.1) is 0 Å². The standard InChI is InChI=1S/C12H8F2O3/c13-9-3-1-7(5-10(9)14)11-4-2-8(17-11)6-12(15)16/h1-5H,6H2,(H,15,16). The zero-order chi connectivity index (χ0) is 12.4. The third kappa shape index (κ3) is 2.50. The molecule has 2 rings (SSSR count). The Kier molecular flexibility index (Phi) is 2.91. The lowest BCUT2D eigenvalue weighted by molar-refractivity contribution is -0.136. The van der Waals surface area contributed by atoms with Gasteiger partial charge in [0, 0.05) is 5.56 Å². The predicted molar refractivity (Wildman–Crippen MR) is 55.4 cm³/mol. The van der Waals surface area contributed by atoms with Crippen molar-refractivity contribution in [3.8, 4) is 11.3 Å². The number of halogens is 2. The van der Waals surface area contributed by atoms with Gasteiger partial charge in [0.15, 0.2) is 11.6 Å². The van der Waals surface area contributed by atoms with Crippen LogP contribution in [0.3, 0.4) is 0 Å². The predicted octanol–water partition coefficient (Wildman–Crippen LogP) is 2.85. The van der Waals surface area contributed by atoms with E-state index in [9.17, 15) is 13.6 Å². The van der Waals surface area contributed by atoms with E-state index in [-0.39, 0.29) is 12.2 Å². The van der Waals surface area contributed by atoms with Crippen LogP contribution in [0.15, 0.2) is 34.7 Å². The molecule has 1 heterocycles. The van der Waals surface area contributed by atoms with Gasteiger partial charge in [-0.1, -0.05) is 0 Å². The van der Waals surface area contributed by atoms with Crippen LogP contribution in [0.2, 0.25) is 0 Å². The van der Waals surface area contributed by atoms with Gasteiger partial charge in [0.05, 0.1) is 0 Å². The van der Waals surface area contributed by atoms with Crippen LogP contribution in [-0.2, 0) is 11.2 Å². The third-order valence-electron chi connectivity index (χ3n) is 2.19. The Morgan fingerprint density at radius 1 is 1.18 bits per heavy atom. The fourth-order valence-electron chi connectivity index (χ4n) is 1.43. The Hall–Kier alpha value is -2.17. The Morgan fingerprint density at radius 2 is 1.94 bits per heavy atom. The van der Waals surface area contributed by atoms with Crippen LogP contribution in [0.25, 0.3) is 11.3 Å². The summed E-state index contributed by atoms with van der Waals surface area (Å²) < 4.78 is 30.9. The number of carboxylic acids is 1. The number of carboxylic acid groups (broad SMARTS) is 1. The molecule has 0 saturated heterocycles. The largest absolute Gasteiger partial charge is 0.481 e. The Labute approximate surface area is 95.3 Å². The second-order valence-electron chi connectivity index (χ2n) is 3.47. The summed E-state index contributed by atoms with van der Waals surface area (Å²) in [7, 11) is 0. The Balaban J connectivity index is 2.30.